The first kappa shape index (κ1) is 14.5. The van der Waals surface area contributed by atoms with E-state index in [0.29, 0.717) is 12.2 Å². The lowest BCUT2D eigenvalue weighted by Crippen LogP contribution is -2.19. The van der Waals surface area contributed by atoms with Crippen LogP contribution in [0.2, 0.25) is 0 Å². The molecular weight excluding hydrogens is 252 g/mol. The van der Waals surface area contributed by atoms with Crippen LogP contribution in [0.4, 0.5) is 0 Å². The highest BCUT2D eigenvalue weighted by molar-refractivity contribution is 5.91. The molecule has 0 saturated heterocycles. The number of Topliss-reactive ketones (excluding diaryl/α,β-unsaturated/α-hetero) is 1. The van der Waals surface area contributed by atoms with Crippen molar-refractivity contribution in [3.05, 3.63) is 53.4 Å². The summed E-state index contributed by atoms with van der Waals surface area (Å²) in [6, 6.07) is 12.2. The van der Waals surface area contributed by atoms with Crippen molar-refractivity contribution in [1.82, 2.24) is 10.1 Å². The van der Waals surface area contributed by atoms with Gasteiger partial charge in [-0.2, -0.15) is 0 Å². The van der Waals surface area contributed by atoms with Crippen LogP contribution in [0.3, 0.4) is 0 Å². The van der Waals surface area contributed by atoms with E-state index in [1.54, 1.807) is 6.07 Å². The average molecular weight is 272 g/mol. The third-order valence-corrected chi connectivity index (χ3v) is 3.19. The summed E-state index contributed by atoms with van der Waals surface area (Å²) in [4.78, 5) is 13.3. The van der Waals surface area contributed by atoms with Gasteiger partial charge in [-0.15, -0.1) is 0 Å². The van der Waals surface area contributed by atoms with Crippen molar-refractivity contribution in [2.75, 3.05) is 13.6 Å². The number of hydrogen-bond acceptors (Lipinski definition) is 4. The molecule has 20 heavy (non-hydrogen) atoms. The Morgan fingerprint density at radius 2 is 2.05 bits per heavy atom. The standard InChI is InChI=1S/C16H20N2O2/c1-13(19)16-11-15(20-17-16)12-18(2)10-6-9-14-7-4-3-5-8-14/h3-5,7-8,11H,6,9-10,12H2,1-2H3. The van der Waals surface area contributed by atoms with Crippen LogP contribution in [0.5, 0.6) is 0 Å². The number of carbonyl (C=O) groups excluding carboxylic acids is 1. The van der Waals surface area contributed by atoms with Gasteiger partial charge in [0.1, 0.15) is 5.69 Å². The minimum Gasteiger partial charge on any atom is -0.359 e. The molecule has 0 atom stereocenters. The smallest absolute Gasteiger partial charge is 0.181 e. The summed E-state index contributed by atoms with van der Waals surface area (Å²) in [6.45, 7) is 3.14. The lowest BCUT2D eigenvalue weighted by atomic mass is 10.1. The third-order valence-electron chi connectivity index (χ3n) is 3.19. The first-order valence-electron chi connectivity index (χ1n) is 6.84. The molecule has 1 aromatic carbocycles. The Balaban J connectivity index is 1.74. The van der Waals surface area contributed by atoms with Gasteiger partial charge in [0.15, 0.2) is 11.5 Å². The predicted molar refractivity (Wildman–Crippen MR) is 77.6 cm³/mol. The van der Waals surface area contributed by atoms with E-state index in [4.69, 9.17) is 4.52 Å². The number of ketones is 1. The van der Waals surface area contributed by atoms with E-state index >= 15 is 0 Å². The molecule has 106 valence electrons. The number of hydrogen-bond donors (Lipinski definition) is 0. The van der Waals surface area contributed by atoms with Crippen LogP contribution in [0, 0.1) is 0 Å². The molecule has 0 spiro atoms. The normalized spacial score (nSPS) is 10.9. The first-order chi connectivity index (χ1) is 9.65. The van der Waals surface area contributed by atoms with Crippen LogP contribution in [-0.2, 0) is 13.0 Å². The van der Waals surface area contributed by atoms with Crippen molar-refractivity contribution in [2.45, 2.75) is 26.3 Å². The Labute approximate surface area is 119 Å². The monoisotopic (exact) mass is 272 g/mol. The maximum Gasteiger partial charge on any atom is 0.181 e. The predicted octanol–water partition coefficient (Wildman–Crippen LogP) is 2.94. The minimum atomic E-state index is -0.0632. The largest absolute Gasteiger partial charge is 0.359 e. The summed E-state index contributed by atoms with van der Waals surface area (Å²) < 4.78 is 5.15. The quantitative estimate of drug-likeness (QED) is 0.727. The molecule has 2 rings (SSSR count). The first-order valence-corrected chi connectivity index (χ1v) is 6.84. The summed E-state index contributed by atoms with van der Waals surface area (Å²) in [5, 5.41) is 3.75. The van der Waals surface area contributed by atoms with Crippen LogP contribution < -0.4 is 0 Å². The van der Waals surface area contributed by atoms with Crippen LogP contribution in [0.25, 0.3) is 0 Å². The molecule has 1 heterocycles. The lowest BCUT2D eigenvalue weighted by molar-refractivity contribution is 0.100. The zero-order valence-corrected chi connectivity index (χ0v) is 12.0. The fourth-order valence-corrected chi connectivity index (χ4v) is 2.10. The second-order valence-electron chi connectivity index (χ2n) is 5.06. The zero-order valence-electron chi connectivity index (χ0n) is 12.0. The van der Waals surface area contributed by atoms with Gasteiger partial charge in [0.25, 0.3) is 0 Å². The summed E-state index contributed by atoms with van der Waals surface area (Å²) in [6.07, 6.45) is 2.16. The Morgan fingerprint density at radius 1 is 1.30 bits per heavy atom. The molecule has 4 nitrogen and oxygen atoms in total. The zero-order chi connectivity index (χ0) is 14.4. The van der Waals surface area contributed by atoms with Crippen LogP contribution >= 0.6 is 0 Å². The topological polar surface area (TPSA) is 46.3 Å². The molecule has 0 radical (unpaired) electrons. The lowest BCUT2D eigenvalue weighted by Gasteiger charge is -2.14. The van der Waals surface area contributed by atoms with Gasteiger partial charge in [0.05, 0.1) is 6.54 Å². The Morgan fingerprint density at radius 3 is 2.70 bits per heavy atom. The van der Waals surface area contributed by atoms with Gasteiger partial charge in [-0.25, -0.2) is 0 Å². The van der Waals surface area contributed by atoms with Crippen LogP contribution in [0.15, 0.2) is 40.9 Å². The van der Waals surface area contributed by atoms with E-state index in [-0.39, 0.29) is 5.78 Å². The molecule has 1 aromatic heterocycles. The fraction of sp³-hybridized carbons (Fsp3) is 0.375. The van der Waals surface area contributed by atoms with Crippen molar-refractivity contribution < 1.29 is 9.32 Å². The molecule has 2 aromatic rings. The van der Waals surface area contributed by atoms with Crippen molar-refractivity contribution in [2.24, 2.45) is 0 Å². The SMILES string of the molecule is CC(=O)c1cc(CN(C)CCCc2ccccc2)on1. The van der Waals surface area contributed by atoms with Gasteiger partial charge < -0.3 is 4.52 Å². The van der Waals surface area contributed by atoms with E-state index in [2.05, 4.69) is 34.3 Å². The molecular formula is C16H20N2O2. The number of nitrogens with zero attached hydrogens (tertiary/aromatic N) is 2. The van der Waals surface area contributed by atoms with Gasteiger partial charge in [0.2, 0.25) is 0 Å². The molecule has 0 aliphatic rings. The number of aromatic nitrogens is 1. The summed E-state index contributed by atoms with van der Waals surface area (Å²) in [5.41, 5.74) is 1.76. The van der Waals surface area contributed by atoms with Gasteiger partial charge in [-0.3, -0.25) is 9.69 Å². The highest BCUT2D eigenvalue weighted by Gasteiger charge is 2.09. The van der Waals surface area contributed by atoms with Gasteiger partial charge >= 0.3 is 0 Å². The van der Waals surface area contributed by atoms with E-state index in [1.807, 2.05) is 13.1 Å². The second kappa shape index (κ2) is 7.01. The van der Waals surface area contributed by atoms with Gasteiger partial charge in [-0.1, -0.05) is 35.5 Å². The number of rotatable bonds is 7. The van der Waals surface area contributed by atoms with E-state index in [9.17, 15) is 4.79 Å². The maximum atomic E-state index is 11.1. The van der Waals surface area contributed by atoms with Crippen LogP contribution in [0.1, 0.15) is 35.2 Å². The van der Waals surface area contributed by atoms with Gasteiger partial charge in [0, 0.05) is 13.0 Å². The highest BCUT2D eigenvalue weighted by atomic mass is 16.5. The van der Waals surface area contributed by atoms with Crippen LogP contribution in [-0.4, -0.2) is 29.4 Å². The Hall–Kier alpha value is -1.94. The number of benzene rings is 1. The second-order valence-corrected chi connectivity index (χ2v) is 5.06. The number of carbonyl (C=O) groups is 1. The van der Waals surface area contributed by atoms with E-state index in [0.717, 1.165) is 25.1 Å². The molecule has 4 heteroatoms. The van der Waals surface area contributed by atoms with Gasteiger partial charge in [-0.05, 0) is 32.0 Å². The Kier molecular flexibility index (Phi) is 5.07. The van der Waals surface area contributed by atoms with Crippen molar-refractivity contribution in [3.63, 3.8) is 0 Å². The Bertz CT molecular complexity index is 549. The maximum absolute atomic E-state index is 11.1. The minimum absolute atomic E-state index is 0.0632. The summed E-state index contributed by atoms with van der Waals surface area (Å²) in [7, 11) is 2.04. The highest BCUT2D eigenvalue weighted by Crippen LogP contribution is 2.08. The third kappa shape index (κ3) is 4.31. The van der Waals surface area contributed by atoms with Crippen molar-refractivity contribution in [1.29, 1.82) is 0 Å². The molecule has 0 unspecified atom stereocenters. The fourth-order valence-electron chi connectivity index (χ4n) is 2.10. The number of aryl methyl sites for hydroxylation is 1. The van der Waals surface area contributed by atoms with Crippen molar-refractivity contribution in [3.8, 4) is 0 Å². The molecule has 0 bridgehead atoms. The average Bonchev–Trinajstić information content (AvgIpc) is 2.88. The molecule has 0 aliphatic heterocycles. The summed E-state index contributed by atoms with van der Waals surface area (Å²) >= 11 is 0. The molecule has 0 N–H and O–H groups in total. The molecule has 0 fully saturated rings. The molecule has 0 aliphatic carbocycles. The summed E-state index contributed by atoms with van der Waals surface area (Å²) in [5.74, 6) is 0.671. The van der Waals surface area contributed by atoms with E-state index < -0.39 is 0 Å². The van der Waals surface area contributed by atoms with Crippen molar-refractivity contribution >= 4 is 5.78 Å². The molecule has 0 amide bonds. The molecule has 0 saturated carbocycles. The van der Waals surface area contributed by atoms with E-state index in [1.165, 1.54) is 12.5 Å².